The van der Waals surface area contributed by atoms with Crippen LogP contribution in [0.4, 0.5) is 0 Å². The third-order valence-corrected chi connectivity index (χ3v) is 3.22. The second-order valence-corrected chi connectivity index (χ2v) is 5.68. The van der Waals surface area contributed by atoms with Crippen LogP contribution < -0.4 is 4.74 Å². The van der Waals surface area contributed by atoms with Gasteiger partial charge in [-0.3, -0.25) is 9.59 Å². The van der Waals surface area contributed by atoms with Crippen molar-refractivity contribution in [2.24, 2.45) is 0 Å². The first kappa shape index (κ1) is 20.7. The first-order valence-electron chi connectivity index (χ1n) is 8.46. The van der Waals surface area contributed by atoms with E-state index in [1.165, 1.54) is 11.0 Å². The number of carbonyl (C=O) groups is 2. The fraction of sp³-hybridized carbons (Fsp3) is 0.474. The number of hydrogen-bond donors (Lipinski definition) is 1. The summed E-state index contributed by atoms with van der Waals surface area (Å²) in [6, 6.07) is 7.43. The lowest BCUT2D eigenvalue weighted by Crippen LogP contribution is -2.34. The van der Waals surface area contributed by atoms with Gasteiger partial charge in [-0.25, -0.2) is 0 Å². The van der Waals surface area contributed by atoms with Crippen LogP contribution in [0, 0.1) is 0 Å². The quantitative estimate of drug-likeness (QED) is 0.518. The lowest BCUT2D eigenvalue weighted by molar-refractivity contribution is -0.143. The number of ether oxygens (including phenoxy) is 2. The molecule has 1 N–H and O–H groups in total. The summed E-state index contributed by atoms with van der Waals surface area (Å²) in [6.45, 7) is 6.14. The average Bonchev–Trinajstić information content (AvgIpc) is 2.56. The summed E-state index contributed by atoms with van der Waals surface area (Å²) in [7, 11) is 0. The van der Waals surface area contributed by atoms with Crippen molar-refractivity contribution in [2.75, 3.05) is 26.3 Å². The van der Waals surface area contributed by atoms with Crippen LogP contribution in [0.15, 0.2) is 30.3 Å². The molecule has 1 amide bonds. The smallest absolute Gasteiger partial charge is 0.307 e. The van der Waals surface area contributed by atoms with Gasteiger partial charge < -0.3 is 19.5 Å². The Morgan fingerprint density at radius 1 is 1.28 bits per heavy atom. The lowest BCUT2D eigenvalue weighted by atomic mass is 10.2. The molecule has 1 aromatic rings. The van der Waals surface area contributed by atoms with E-state index in [0.717, 1.165) is 11.3 Å². The van der Waals surface area contributed by atoms with Gasteiger partial charge in [0.15, 0.2) is 0 Å². The van der Waals surface area contributed by atoms with Gasteiger partial charge in [-0.1, -0.05) is 12.1 Å². The summed E-state index contributed by atoms with van der Waals surface area (Å²) in [5, 5.41) is 9.11. The summed E-state index contributed by atoms with van der Waals surface area (Å²) in [5.41, 5.74) is 0.834. The number of amides is 1. The normalized spacial score (nSPS) is 10.9. The number of hydrogen-bond acceptors (Lipinski definition) is 5. The molecule has 0 aliphatic rings. The van der Waals surface area contributed by atoms with Crippen LogP contribution >= 0.6 is 0 Å². The summed E-state index contributed by atoms with van der Waals surface area (Å²) < 4.78 is 10.5. The fourth-order valence-corrected chi connectivity index (χ4v) is 2.15. The Hall–Kier alpha value is -2.34. The highest BCUT2D eigenvalue weighted by atomic mass is 16.5. The fourth-order valence-electron chi connectivity index (χ4n) is 2.15. The maximum atomic E-state index is 12.3. The van der Waals surface area contributed by atoms with Crippen molar-refractivity contribution >= 4 is 18.0 Å². The van der Waals surface area contributed by atoms with Crippen LogP contribution in [0.25, 0.3) is 6.08 Å². The molecule has 6 nitrogen and oxygen atoms in total. The Labute approximate surface area is 149 Å². The van der Waals surface area contributed by atoms with Crippen molar-refractivity contribution in [3.63, 3.8) is 0 Å². The number of carbonyl (C=O) groups excluding carboxylic acids is 2. The Morgan fingerprint density at radius 2 is 2.04 bits per heavy atom. The molecule has 0 bridgehead atoms. The van der Waals surface area contributed by atoms with Crippen LogP contribution in [0.2, 0.25) is 0 Å². The molecule has 0 unspecified atom stereocenters. The minimum atomic E-state index is -0.360. The van der Waals surface area contributed by atoms with E-state index in [4.69, 9.17) is 14.6 Å². The van der Waals surface area contributed by atoms with Gasteiger partial charge in [-0.2, -0.15) is 0 Å². The molecule has 0 fully saturated rings. The third-order valence-electron chi connectivity index (χ3n) is 3.22. The molecule has 6 heteroatoms. The molecule has 1 aromatic carbocycles. The zero-order valence-corrected chi connectivity index (χ0v) is 15.1. The molecular weight excluding hydrogens is 322 g/mol. The lowest BCUT2D eigenvalue weighted by Gasteiger charge is -2.19. The van der Waals surface area contributed by atoms with E-state index in [0.29, 0.717) is 6.61 Å². The molecule has 0 saturated carbocycles. The molecule has 0 radical (unpaired) electrons. The SMILES string of the molecule is CCOC(=O)CCN(CCO)C(=O)/C=C/c1cccc(OC(C)C)c1. The highest BCUT2D eigenvalue weighted by molar-refractivity contribution is 5.92. The zero-order chi connectivity index (χ0) is 18.7. The number of aliphatic hydroxyl groups is 1. The summed E-state index contributed by atoms with van der Waals surface area (Å²) in [5.74, 6) is 0.105. The molecule has 0 aliphatic heterocycles. The predicted octanol–water partition coefficient (Wildman–Crippen LogP) is 2.26. The average molecular weight is 349 g/mol. The van der Waals surface area contributed by atoms with Gasteiger partial charge in [-0.05, 0) is 44.5 Å². The van der Waals surface area contributed by atoms with Crippen LogP contribution in [-0.2, 0) is 14.3 Å². The Kier molecular flexibility index (Phi) is 9.32. The van der Waals surface area contributed by atoms with Gasteiger partial charge >= 0.3 is 5.97 Å². The van der Waals surface area contributed by atoms with Crippen molar-refractivity contribution in [2.45, 2.75) is 33.3 Å². The standard InChI is InChI=1S/C19H27NO5/c1-4-24-19(23)10-11-20(12-13-21)18(22)9-8-16-6-5-7-17(14-16)25-15(2)3/h5-9,14-15,21H,4,10-13H2,1-3H3/b9-8+. The largest absolute Gasteiger partial charge is 0.491 e. The topological polar surface area (TPSA) is 76.1 Å². The van der Waals surface area contributed by atoms with Crippen molar-refractivity contribution in [1.29, 1.82) is 0 Å². The second kappa shape index (κ2) is 11.3. The number of aliphatic hydroxyl groups excluding tert-OH is 1. The van der Waals surface area contributed by atoms with Crippen LogP contribution in [0.1, 0.15) is 32.8 Å². The monoisotopic (exact) mass is 349 g/mol. The molecular formula is C19H27NO5. The number of nitrogens with zero attached hydrogens (tertiary/aromatic N) is 1. The van der Waals surface area contributed by atoms with Crippen molar-refractivity contribution in [1.82, 2.24) is 4.90 Å². The van der Waals surface area contributed by atoms with Crippen molar-refractivity contribution in [3.8, 4) is 5.75 Å². The Morgan fingerprint density at radius 3 is 2.68 bits per heavy atom. The first-order valence-corrected chi connectivity index (χ1v) is 8.46. The second-order valence-electron chi connectivity index (χ2n) is 5.68. The molecule has 1 rings (SSSR count). The number of esters is 1. The molecule has 0 aromatic heterocycles. The zero-order valence-electron chi connectivity index (χ0n) is 15.1. The molecule has 0 saturated heterocycles. The van der Waals surface area contributed by atoms with Gasteiger partial charge in [0.25, 0.3) is 0 Å². The Bertz CT molecular complexity index is 583. The molecule has 0 aliphatic carbocycles. The van der Waals surface area contributed by atoms with Crippen molar-refractivity contribution < 1.29 is 24.2 Å². The van der Waals surface area contributed by atoms with Gasteiger partial charge in [0.2, 0.25) is 5.91 Å². The number of benzene rings is 1. The molecule has 25 heavy (non-hydrogen) atoms. The molecule has 0 heterocycles. The van der Waals surface area contributed by atoms with E-state index >= 15 is 0 Å². The predicted molar refractivity (Wildman–Crippen MR) is 96.2 cm³/mol. The minimum Gasteiger partial charge on any atom is -0.491 e. The molecule has 138 valence electrons. The summed E-state index contributed by atoms with van der Waals surface area (Å²) in [4.78, 5) is 25.1. The van der Waals surface area contributed by atoms with Gasteiger partial charge in [-0.15, -0.1) is 0 Å². The third kappa shape index (κ3) is 8.35. The first-order chi connectivity index (χ1) is 12.0. The van der Waals surface area contributed by atoms with E-state index < -0.39 is 0 Å². The Balaban J connectivity index is 2.68. The van der Waals surface area contributed by atoms with E-state index in [9.17, 15) is 9.59 Å². The van der Waals surface area contributed by atoms with E-state index in [-0.39, 0.29) is 44.1 Å². The minimum absolute atomic E-state index is 0.0729. The van der Waals surface area contributed by atoms with Gasteiger partial charge in [0.05, 0.1) is 25.7 Å². The van der Waals surface area contributed by atoms with Gasteiger partial charge in [0.1, 0.15) is 5.75 Å². The van der Waals surface area contributed by atoms with E-state index in [2.05, 4.69) is 0 Å². The van der Waals surface area contributed by atoms with E-state index in [1.54, 1.807) is 13.0 Å². The number of rotatable bonds is 10. The molecule has 0 spiro atoms. The van der Waals surface area contributed by atoms with Crippen LogP contribution in [0.5, 0.6) is 5.75 Å². The van der Waals surface area contributed by atoms with Gasteiger partial charge in [0, 0.05) is 19.2 Å². The summed E-state index contributed by atoms with van der Waals surface area (Å²) in [6.07, 6.45) is 3.29. The molecule has 0 atom stereocenters. The highest BCUT2D eigenvalue weighted by Crippen LogP contribution is 2.16. The van der Waals surface area contributed by atoms with E-state index in [1.807, 2.05) is 38.1 Å². The van der Waals surface area contributed by atoms with Crippen molar-refractivity contribution in [3.05, 3.63) is 35.9 Å². The van der Waals surface area contributed by atoms with Crippen LogP contribution in [-0.4, -0.2) is 54.3 Å². The highest BCUT2D eigenvalue weighted by Gasteiger charge is 2.12. The van der Waals surface area contributed by atoms with Crippen LogP contribution in [0.3, 0.4) is 0 Å². The maximum absolute atomic E-state index is 12.3. The summed E-state index contributed by atoms with van der Waals surface area (Å²) >= 11 is 0. The maximum Gasteiger partial charge on any atom is 0.307 e.